The number of hydrogen-bond donors (Lipinski definition) is 2. The predicted octanol–water partition coefficient (Wildman–Crippen LogP) is -0.590. The summed E-state index contributed by atoms with van der Waals surface area (Å²) in [4.78, 5) is 11.1. The maximum atomic E-state index is 13.0. The second-order valence-corrected chi connectivity index (χ2v) is 4.17. The molecule has 0 aliphatic rings. The molecule has 0 radical (unpaired) electrons. The molecule has 1 aromatic carbocycles. The van der Waals surface area contributed by atoms with E-state index < -0.39 is 18.4 Å². The first-order valence-electron chi connectivity index (χ1n) is 5.37. The van der Waals surface area contributed by atoms with Crippen LogP contribution in [0.1, 0.15) is 27.0 Å². The number of carboxylic acids is 1. The van der Waals surface area contributed by atoms with Crippen LogP contribution in [-0.4, -0.2) is 25.1 Å². The Labute approximate surface area is 152 Å². The van der Waals surface area contributed by atoms with Crippen molar-refractivity contribution in [2.24, 2.45) is 0 Å². The molecule has 3 nitrogen and oxygen atoms in total. The van der Waals surface area contributed by atoms with Crippen molar-refractivity contribution in [3.05, 3.63) is 22.3 Å². The minimum Gasteiger partial charge on any atom is -0.478 e. The van der Waals surface area contributed by atoms with Crippen molar-refractivity contribution in [1.82, 2.24) is 0 Å². The molecule has 0 aliphatic heterocycles. The first kappa shape index (κ1) is 19.0. The van der Waals surface area contributed by atoms with Crippen LogP contribution in [0.5, 0.6) is 0 Å². The topological polar surface area (TPSA) is 49.3 Å². The number of hydrogen-bond acceptors (Lipinski definition) is 2. The summed E-state index contributed by atoms with van der Waals surface area (Å²) in [7, 11) is 1.48. The van der Waals surface area contributed by atoms with E-state index >= 15 is 0 Å². The van der Waals surface area contributed by atoms with Crippen molar-refractivity contribution in [3.63, 3.8) is 0 Å². The third kappa shape index (κ3) is 3.55. The molecular formula is C11H14BF3KNO2. The standard InChI is InChI=1S/C11H14BF3NO2.K/c1-5-8(11(17)18)6(2)10(16-4)7(3)9(5)12(13,14)15;/h16H,1-4H3,(H,17,18);/q-1;+1. The van der Waals surface area contributed by atoms with Crippen molar-refractivity contribution in [1.29, 1.82) is 0 Å². The van der Waals surface area contributed by atoms with E-state index in [4.69, 9.17) is 5.11 Å². The van der Waals surface area contributed by atoms with E-state index in [9.17, 15) is 17.7 Å². The molecule has 0 bridgehead atoms. The molecule has 0 atom stereocenters. The van der Waals surface area contributed by atoms with Gasteiger partial charge in [-0.1, -0.05) is 16.6 Å². The molecule has 0 saturated carbocycles. The SMILES string of the molecule is CNc1c(C)c(C(=O)O)c(C)c([B-](F)(F)F)c1C.[K+]. The van der Waals surface area contributed by atoms with Crippen LogP contribution in [0.2, 0.25) is 0 Å². The Morgan fingerprint density at radius 1 is 1.11 bits per heavy atom. The van der Waals surface area contributed by atoms with Gasteiger partial charge in [-0.05, 0) is 26.3 Å². The minimum absolute atomic E-state index is 0. The van der Waals surface area contributed by atoms with Crippen LogP contribution in [-0.2, 0) is 0 Å². The molecule has 2 N–H and O–H groups in total. The number of aromatic carboxylic acids is 1. The molecule has 0 amide bonds. The molecule has 19 heavy (non-hydrogen) atoms. The number of anilines is 1. The van der Waals surface area contributed by atoms with E-state index in [1.807, 2.05) is 0 Å². The van der Waals surface area contributed by atoms with Crippen LogP contribution >= 0.6 is 0 Å². The zero-order valence-corrected chi connectivity index (χ0v) is 14.7. The summed E-state index contributed by atoms with van der Waals surface area (Å²) < 4.78 is 39.1. The van der Waals surface area contributed by atoms with Crippen LogP contribution in [0.4, 0.5) is 18.6 Å². The molecule has 0 spiro atoms. The number of benzene rings is 1. The van der Waals surface area contributed by atoms with Gasteiger partial charge >= 0.3 is 64.3 Å². The van der Waals surface area contributed by atoms with Crippen LogP contribution in [0.3, 0.4) is 0 Å². The Bertz CT molecular complexity index is 518. The largest absolute Gasteiger partial charge is 1.00 e. The third-order valence-electron chi connectivity index (χ3n) is 3.10. The van der Waals surface area contributed by atoms with Crippen LogP contribution in [0, 0.1) is 20.8 Å². The molecule has 0 fully saturated rings. The van der Waals surface area contributed by atoms with E-state index in [0.29, 0.717) is 5.56 Å². The van der Waals surface area contributed by atoms with Gasteiger partial charge in [0.1, 0.15) is 0 Å². The molecular weight excluding hydrogens is 285 g/mol. The Morgan fingerprint density at radius 3 is 1.89 bits per heavy atom. The van der Waals surface area contributed by atoms with Crippen LogP contribution in [0.25, 0.3) is 0 Å². The maximum absolute atomic E-state index is 13.0. The Morgan fingerprint density at radius 2 is 1.58 bits per heavy atom. The van der Waals surface area contributed by atoms with E-state index in [-0.39, 0.29) is 73.8 Å². The quantitative estimate of drug-likeness (QED) is 0.734. The predicted molar refractivity (Wildman–Crippen MR) is 65.9 cm³/mol. The molecule has 100 valence electrons. The normalized spacial score (nSPS) is 10.9. The molecule has 0 aliphatic carbocycles. The van der Waals surface area contributed by atoms with Crippen molar-refractivity contribution in [2.45, 2.75) is 20.8 Å². The maximum Gasteiger partial charge on any atom is 1.00 e. The van der Waals surface area contributed by atoms with E-state index in [1.165, 1.54) is 27.8 Å². The number of rotatable bonds is 3. The number of carbonyl (C=O) groups is 1. The summed E-state index contributed by atoms with van der Waals surface area (Å²) in [5.74, 6) is -1.34. The summed E-state index contributed by atoms with van der Waals surface area (Å²) in [5, 5.41) is 11.7. The van der Waals surface area contributed by atoms with Gasteiger partial charge < -0.3 is 23.4 Å². The van der Waals surface area contributed by atoms with Gasteiger partial charge in [-0.15, -0.1) is 0 Å². The second-order valence-electron chi connectivity index (χ2n) is 4.17. The Kier molecular flexibility index (Phi) is 6.62. The van der Waals surface area contributed by atoms with Gasteiger partial charge in [0.05, 0.1) is 5.56 Å². The molecule has 1 rings (SSSR count). The average Bonchev–Trinajstić information content (AvgIpc) is 2.14. The van der Waals surface area contributed by atoms with Gasteiger partial charge in [0, 0.05) is 12.7 Å². The van der Waals surface area contributed by atoms with Crippen molar-refractivity contribution in [3.8, 4) is 0 Å². The van der Waals surface area contributed by atoms with Gasteiger partial charge in [-0.25, -0.2) is 4.79 Å². The van der Waals surface area contributed by atoms with Gasteiger partial charge in [0.25, 0.3) is 0 Å². The van der Waals surface area contributed by atoms with E-state index in [0.717, 1.165) is 0 Å². The monoisotopic (exact) mass is 299 g/mol. The van der Waals surface area contributed by atoms with Crippen LogP contribution < -0.4 is 62.2 Å². The summed E-state index contributed by atoms with van der Waals surface area (Å²) in [5.41, 5.74) is -0.716. The smallest absolute Gasteiger partial charge is 0.478 e. The van der Waals surface area contributed by atoms with Crippen molar-refractivity contribution < 1.29 is 74.2 Å². The van der Waals surface area contributed by atoms with Crippen LogP contribution in [0.15, 0.2) is 0 Å². The summed E-state index contributed by atoms with van der Waals surface area (Å²) >= 11 is 0. The minimum atomic E-state index is -5.25. The molecule has 1 aromatic rings. The molecule has 0 aromatic heterocycles. The summed E-state index contributed by atoms with van der Waals surface area (Å²) in [6.07, 6.45) is 0. The zero-order chi connectivity index (χ0) is 14.2. The van der Waals surface area contributed by atoms with Gasteiger partial charge in [-0.3, -0.25) is 0 Å². The van der Waals surface area contributed by atoms with Crippen molar-refractivity contribution in [2.75, 3.05) is 12.4 Å². The van der Waals surface area contributed by atoms with Gasteiger partial charge in [0.15, 0.2) is 0 Å². The molecule has 0 unspecified atom stereocenters. The number of halogens is 3. The fraction of sp³-hybridized carbons (Fsp3) is 0.364. The molecule has 0 saturated heterocycles. The average molecular weight is 299 g/mol. The zero-order valence-electron chi connectivity index (χ0n) is 11.6. The number of carboxylic acid groups (broad SMARTS) is 1. The fourth-order valence-electron chi connectivity index (χ4n) is 2.42. The van der Waals surface area contributed by atoms with Gasteiger partial charge in [-0.2, -0.15) is 0 Å². The second kappa shape index (κ2) is 6.62. The summed E-state index contributed by atoms with van der Waals surface area (Å²) in [6, 6.07) is 0. The molecule has 8 heteroatoms. The first-order chi connectivity index (χ1) is 8.12. The fourth-order valence-corrected chi connectivity index (χ4v) is 2.42. The van der Waals surface area contributed by atoms with Crippen molar-refractivity contribution >= 4 is 24.1 Å². The Hall–Kier alpha value is -0.0187. The molecule has 0 heterocycles. The first-order valence-corrected chi connectivity index (χ1v) is 5.37. The third-order valence-corrected chi connectivity index (χ3v) is 3.10. The van der Waals surface area contributed by atoms with E-state index in [1.54, 1.807) is 0 Å². The van der Waals surface area contributed by atoms with Gasteiger partial charge in [0.2, 0.25) is 0 Å². The summed E-state index contributed by atoms with van der Waals surface area (Å²) in [6.45, 7) is -1.19. The number of nitrogens with one attached hydrogen (secondary N) is 1. The Balaban J connectivity index is 0.00000324. The van der Waals surface area contributed by atoms with E-state index in [2.05, 4.69) is 5.32 Å².